The van der Waals surface area contributed by atoms with Crippen molar-refractivity contribution in [2.75, 3.05) is 19.6 Å². The van der Waals surface area contributed by atoms with Gasteiger partial charge in [-0.25, -0.2) is 0 Å². The zero-order chi connectivity index (χ0) is 13.5. The average Bonchev–Trinajstić information content (AvgIpc) is 2.35. The second-order valence-corrected chi connectivity index (χ2v) is 5.65. The van der Waals surface area contributed by atoms with Gasteiger partial charge in [-0.3, -0.25) is 4.90 Å². The predicted molar refractivity (Wildman–Crippen MR) is 82.8 cm³/mol. The topological polar surface area (TPSA) is 29.3 Å². The maximum atomic E-state index is 6.00. The van der Waals surface area contributed by atoms with Crippen LogP contribution in [0.1, 0.15) is 43.9 Å². The maximum Gasteiger partial charge on any atom is 0.0470 e. The number of rotatable bonds is 7. The SMILES string of the molecule is CCCN(CCC)C(CN)c1ccc(Br)c(C)c1. The minimum Gasteiger partial charge on any atom is -0.329 e. The number of aryl methyl sites for hydroxylation is 1. The molecule has 0 aliphatic carbocycles. The molecule has 0 radical (unpaired) electrons. The van der Waals surface area contributed by atoms with Crippen LogP contribution in [0.15, 0.2) is 22.7 Å². The lowest BCUT2D eigenvalue weighted by atomic mass is 10.0. The van der Waals surface area contributed by atoms with E-state index in [9.17, 15) is 0 Å². The fraction of sp³-hybridized carbons (Fsp3) is 0.600. The minimum atomic E-state index is 0.344. The Kier molecular flexibility index (Phi) is 6.90. The van der Waals surface area contributed by atoms with Crippen LogP contribution in [0.25, 0.3) is 0 Å². The molecule has 102 valence electrons. The van der Waals surface area contributed by atoms with Crippen LogP contribution in [0.4, 0.5) is 0 Å². The lowest BCUT2D eigenvalue weighted by molar-refractivity contribution is 0.202. The molecule has 0 spiro atoms. The number of hydrogen-bond acceptors (Lipinski definition) is 2. The quantitative estimate of drug-likeness (QED) is 0.828. The van der Waals surface area contributed by atoms with Crippen molar-refractivity contribution in [3.05, 3.63) is 33.8 Å². The third-order valence-corrected chi connectivity index (χ3v) is 4.14. The Hall–Kier alpha value is -0.380. The molecule has 0 saturated heterocycles. The Labute approximate surface area is 120 Å². The van der Waals surface area contributed by atoms with Gasteiger partial charge in [-0.1, -0.05) is 41.9 Å². The van der Waals surface area contributed by atoms with Crippen molar-refractivity contribution in [1.29, 1.82) is 0 Å². The van der Waals surface area contributed by atoms with Crippen molar-refractivity contribution < 1.29 is 0 Å². The number of benzene rings is 1. The summed E-state index contributed by atoms with van der Waals surface area (Å²) >= 11 is 3.55. The molecule has 18 heavy (non-hydrogen) atoms. The second kappa shape index (κ2) is 7.93. The summed E-state index contributed by atoms with van der Waals surface area (Å²) in [7, 11) is 0. The first-order valence-corrected chi connectivity index (χ1v) is 7.63. The molecule has 1 rings (SSSR count). The molecule has 0 saturated carbocycles. The van der Waals surface area contributed by atoms with Crippen molar-refractivity contribution in [2.45, 2.75) is 39.7 Å². The summed E-state index contributed by atoms with van der Waals surface area (Å²) in [5.41, 5.74) is 8.61. The molecule has 1 aromatic carbocycles. The van der Waals surface area contributed by atoms with Gasteiger partial charge in [0.1, 0.15) is 0 Å². The number of hydrogen-bond donors (Lipinski definition) is 1. The predicted octanol–water partition coefficient (Wildman–Crippen LogP) is 3.88. The summed E-state index contributed by atoms with van der Waals surface area (Å²) in [5.74, 6) is 0. The highest BCUT2D eigenvalue weighted by Crippen LogP contribution is 2.25. The van der Waals surface area contributed by atoms with Crippen LogP contribution in [-0.2, 0) is 0 Å². The first-order chi connectivity index (χ1) is 8.63. The van der Waals surface area contributed by atoms with Gasteiger partial charge in [0.25, 0.3) is 0 Å². The molecule has 3 heteroatoms. The van der Waals surface area contributed by atoms with Gasteiger partial charge in [0, 0.05) is 17.1 Å². The third kappa shape index (κ3) is 4.08. The van der Waals surface area contributed by atoms with Gasteiger partial charge in [0.05, 0.1) is 0 Å². The Morgan fingerprint density at radius 3 is 2.28 bits per heavy atom. The van der Waals surface area contributed by atoms with Crippen LogP contribution in [-0.4, -0.2) is 24.5 Å². The molecule has 0 aliphatic heterocycles. The van der Waals surface area contributed by atoms with E-state index in [2.05, 4.69) is 59.8 Å². The lowest BCUT2D eigenvalue weighted by Crippen LogP contribution is -2.35. The summed E-state index contributed by atoms with van der Waals surface area (Å²) < 4.78 is 1.17. The molecule has 1 aromatic rings. The standard InChI is InChI=1S/C15H25BrN2/c1-4-8-18(9-5-2)15(11-17)13-6-7-14(16)12(3)10-13/h6-7,10,15H,4-5,8-9,11,17H2,1-3H3. The van der Waals surface area contributed by atoms with Crippen molar-refractivity contribution in [2.24, 2.45) is 5.73 Å². The second-order valence-electron chi connectivity index (χ2n) is 4.80. The fourth-order valence-electron chi connectivity index (χ4n) is 2.37. The van der Waals surface area contributed by atoms with E-state index >= 15 is 0 Å². The van der Waals surface area contributed by atoms with Gasteiger partial charge in [-0.05, 0) is 50.0 Å². The van der Waals surface area contributed by atoms with E-state index in [1.54, 1.807) is 0 Å². The highest BCUT2D eigenvalue weighted by molar-refractivity contribution is 9.10. The smallest absolute Gasteiger partial charge is 0.0470 e. The Balaban J connectivity index is 2.94. The Morgan fingerprint density at radius 2 is 1.83 bits per heavy atom. The summed E-state index contributed by atoms with van der Waals surface area (Å²) in [5, 5.41) is 0. The summed E-state index contributed by atoms with van der Waals surface area (Å²) in [6.45, 7) is 9.49. The molecule has 0 fully saturated rings. The van der Waals surface area contributed by atoms with Gasteiger partial charge in [0.15, 0.2) is 0 Å². The van der Waals surface area contributed by atoms with E-state index in [1.807, 2.05) is 0 Å². The first-order valence-electron chi connectivity index (χ1n) is 6.84. The number of nitrogens with zero attached hydrogens (tertiary/aromatic N) is 1. The van der Waals surface area contributed by atoms with E-state index < -0.39 is 0 Å². The molecule has 0 aromatic heterocycles. The molecule has 1 unspecified atom stereocenters. The minimum absolute atomic E-state index is 0.344. The van der Waals surface area contributed by atoms with Crippen molar-refractivity contribution in [3.63, 3.8) is 0 Å². The number of halogens is 1. The Bertz CT molecular complexity index is 360. The number of nitrogens with two attached hydrogens (primary N) is 1. The van der Waals surface area contributed by atoms with E-state index in [0.717, 1.165) is 13.1 Å². The molecule has 2 N–H and O–H groups in total. The van der Waals surface area contributed by atoms with Gasteiger partial charge < -0.3 is 5.73 Å². The van der Waals surface area contributed by atoms with E-state index in [0.29, 0.717) is 12.6 Å². The van der Waals surface area contributed by atoms with Crippen molar-refractivity contribution in [1.82, 2.24) is 4.90 Å². The largest absolute Gasteiger partial charge is 0.329 e. The Morgan fingerprint density at radius 1 is 1.22 bits per heavy atom. The fourth-order valence-corrected chi connectivity index (χ4v) is 2.62. The molecule has 0 amide bonds. The van der Waals surface area contributed by atoms with Gasteiger partial charge in [-0.15, -0.1) is 0 Å². The summed E-state index contributed by atoms with van der Waals surface area (Å²) in [6, 6.07) is 6.91. The molecule has 0 aliphatic rings. The normalized spacial score (nSPS) is 13.0. The highest BCUT2D eigenvalue weighted by Gasteiger charge is 2.18. The van der Waals surface area contributed by atoms with Gasteiger partial charge >= 0.3 is 0 Å². The van der Waals surface area contributed by atoms with Crippen LogP contribution < -0.4 is 5.73 Å². The van der Waals surface area contributed by atoms with E-state index in [4.69, 9.17) is 5.73 Å². The van der Waals surface area contributed by atoms with Crippen LogP contribution >= 0.6 is 15.9 Å². The maximum absolute atomic E-state index is 6.00. The summed E-state index contributed by atoms with van der Waals surface area (Å²) in [6.07, 6.45) is 2.35. The molecule has 0 bridgehead atoms. The van der Waals surface area contributed by atoms with Crippen molar-refractivity contribution >= 4 is 15.9 Å². The highest BCUT2D eigenvalue weighted by atomic mass is 79.9. The van der Waals surface area contributed by atoms with Gasteiger partial charge in [-0.2, -0.15) is 0 Å². The molecule has 1 atom stereocenters. The zero-order valence-electron chi connectivity index (χ0n) is 11.7. The molecular weight excluding hydrogens is 288 g/mol. The zero-order valence-corrected chi connectivity index (χ0v) is 13.3. The first kappa shape index (κ1) is 15.7. The molecular formula is C15H25BrN2. The average molecular weight is 313 g/mol. The molecule has 2 nitrogen and oxygen atoms in total. The monoisotopic (exact) mass is 312 g/mol. The van der Waals surface area contributed by atoms with E-state index in [1.165, 1.54) is 28.4 Å². The lowest BCUT2D eigenvalue weighted by Gasteiger charge is -2.31. The third-order valence-electron chi connectivity index (χ3n) is 3.25. The van der Waals surface area contributed by atoms with Gasteiger partial charge in [0.2, 0.25) is 0 Å². The van der Waals surface area contributed by atoms with E-state index in [-0.39, 0.29) is 0 Å². The van der Waals surface area contributed by atoms with Crippen LogP contribution in [0, 0.1) is 6.92 Å². The van der Waals surface area contributed by atoms with Crippen LogP contribution in [0.2, 0.25) is 0 Å². The van der Waals surface area contributed by atoms with Crippen LogP contribution in [0.3, 0.4) is 0 Å². The van der Waals surface area contributed by atoms with Crippen LogP contribution in [0.5, 0.6) is 0 Å². The van der Waals surface area contributed by atoms with Crippen molar-refractivity contribution in [3.8, 4) is 0 Å². The molecule has 0 heterocycles. The summed E-state index contributed by atoms with van der Waals surface area (Å²) in [4.78, 5) is 2.50.